The van der Waals surface area contributed by atoms with Gasteiger partial charge in [0.05, 0.1) is 12.0 Å². The van der Waals surface area contributed by atoms with E-state index in [1.807, 2.05) is 18.2 Å². The Hall–Kier alpha value is -0.460. The number of thioether (sulfide) groups is 1. The third kappa shape index (κ3) is 3.36. The summed E-state index contributed by atoms with van der Waals surface area (Å²) in [6.45, 7) is 2.05. The maximum atomic E-state index is 8.80. The summed E-state index contributed by atoms with van der Waals surface area (Å²) in [5.41, 5.74) is 0. The Morgan fingerprint density at radius 1 is 1.50 bits per heavy atom. The Morgan fingerprint density at radius 2 is 2.21 bits per heavy atom. The molecule has 3 heteroatoms. The highest BCUT2D eigenvalue weighted by Crippen LogP contribution is 2.28. The minimum atomic E-state index is 0.159. The van der Waals surface area contributed by atoms with Crippen LogP contribution in [-0.2, 0) is 0 Å². The summed E-state index contributed by atoms with van der Waals surface area (Å²) in [4.78, 5) is 1.21. The predicted molar refractivity (Wildman–Crippen MR) is 64.3 cm³/mol. The van der Waals surface area contributed by atoms with Gasteiger partial charge in [-0.1, -0.05) is 19.1 Å². The van der Waals surface area contributed by atoms with Gasteiger partial charge in [0, 0.05) is 15.1 Å². The Labute approximate surface area is 97.6 Å². The van der Waals surface area contributed by atoms with Crippen LogP contribution in [0.25, 0.3) is 0 Å². The average Bonchev–Trinajstić information content (AvgIpc) is 2.22. The first-order chi connectivity index (χ1) is 6.77. The summed E-state index contributed by atoms with van der Waals surface area (Å²) in [7, 11) is 0. The van der Waals surface area contributed by atoms with E-state index in [2.05, 4.69) is 35.0 Å². The van der Waals surface area contributed by atoms with Crippen molar-refractivity contribution in [2.45, 2.75) is 18.2 Å². The van der Waals surface area contributed by atoms with Crippen molar-refractivity contribution in [2.24, 2.45) is 5.92 Å². The smallest absolute Gasteiger partial charge is 0.0664 e. The first kappa shape index (κ1) is 11.6. The minimum absolute atomic E-state index is 0.159. The number of hydrogen-bond donors (Lipinski definition) is 0. The Morgan fingerprint density at radius 3 is 2.79 bits per heavy atom. The lowest BCUT2D eigenvalue weighted by Gasteiger charge is -2.06. The molecule has 0 bridgehead atoms. The number of nitrogens with zero attached hydrogens (tertiary/aromatic N) is 1. The molecule has 0 heterocycles. The Kier molecular flexibility index (Phi) is 5.06. The van der Waals surface area contributed by atoms with Gasteiger partial charge in [0.2, 0.25) is 0 Å². The van der Waals surface area contributed by atoms with Crippen LogP contribution in [0.5, 0.6) is 0 Å². The van der Waals surface area contributed by atoms with Crippen LogP contribution < -0.4 is 0 Å². The highest BCUT2D eigenvalue weighted by Gasteiger charge is 2.06. The molecule has 74 valence electrons. The molecular weight excluding hydrogens is 258 g/mol. The monoisotopic (exact) mass is 269 g/mol. The summed E-state index contributed by atoms with van der Waals surface area (Å²) in [6, 6.07) is 10.4. The van der Waals surface area contributed by atoms with Crippen molar-refractivity contribution in [2.75, 3.05) is 5.75 Å². The van der Waals surface area contributed by atoms with Gasteiger partial charge in [-0.15, -0.1) is 11.8 Å². The summed E-state index contributed by atoms with van der Waals surface area (Å²) in [5, 5.41) is 8.80. The van der Waals surface area contributed by atoms with Crippen molar-refractivity contribution in [3.63, 3.8) is 0 Å². The molecule has 0 aliphatic rings. The van der Waals surface area contributed by atoms with Crippen LogP contribution in [0.3, 0.4) is 0 Å². The lowest BCUT2D eigenvalue weighted by molar-refractivity contribution is 0.724. The minimum Gasteiger partial charge on any atom is -0.198 e. The molecule has 0 saturated carbocycles. The van der Waals surface area contributed by atoms with Crippen molar-refractivity contribution < 1.29 is 0 Å². The van der Waals surface area contributed by atoms with Gasteiger partial charge < -0.3 is 0 Å². The van der Waals surface area contributed by atoms with Gasteiger partial charge in [-0.05, 0) is 34.5 Å². The van der Waals surface area contributed by atoms with Crippen molar-refractivity contribution in [3.8, 4) is 6.07 Å². The lowest BCUT2D eigenvalue weighted by Crippen LogP contribution is -1.97. The second kappa shape index (κ2) is 6.10. The third-order valence-electron chi connectivity index (χ3n) is 1.95. The van der Waals surface area contributed by atoms with E-state index in [4.69, 9.17) is 5.26 Å². The highest BCUT2D eigenvalue weighted by molar-refractivity contribution is 9.10. The second-order valence-electron chi connectivity index (χ2n) is 2.98. The number of hydrogen-bond acceptors (Lipinski definition) is 2. The van der Waals surface area contributed by atoms with Gasteiger partial charge in [0.1, 0.15) is 0 Å². The summed E-state index contributed by atoms with van der Waals surface area (Å²) in [5.74, 6) is 1.03. The molecule has 1 aromatic rings. The van der Waals surface area contributed by atoms with E-state index in [0.29, 0.717) is 0 Å². The number of rotatable bonds is 4. The molecule has 1 unspecified atom stereocenters. The van der Waals surface area contributed by atoms with Gasteiger partial charge in [-0.3, -0.25) is 0 Å². The van der Waals surface area contributed by atoms with E-state index in [1.54, 1.807) is 11.8 Å². The molecule has 0 N–H and O–H groups in total. The largest absolute Gasteiger partial charge is 0.198 e. The van der Waals surface area contributed by atoms with Gasteiger partial charge in [-0.25, -0.2) is 0 Å². The first-order valence-electron chi connectivity index (χ1n) is 4.55. The maximum Gasteiger partial charge on any atom is 0.0664 e. The highest BCUT2D eigenvalue weighted by atomic mass is 79.9. The SMILES string of the molecule is CCC(C#N)CSc1ccccc1Br. The van der Waals surface area contributed by atoms with Crippen LogP contribution in [0.4, 0.5) is 0 Å². The van der Waals surface area contributed by atoms with Crippen LogP contribution in [0.1, 0.15) is 13.3 Å². The van der Waals surface area contributed by atoms with Crippen molar-refractivity contribution in [1.82, 2.24) is 0 Å². The number of nitriles is 1. The fourth-order valence-electron chi connectivity index (χ4n) is 0.999. The zero-order valence-electron chi connectivity index (χ0n) is 8.03. The summed E-state index contributed by atoms with van der Waals surface area (Å²) < 4.78 is 1.11. The van der Waals surface area contributed by atoms with Crippen molar-refractivity contribution in [3.05, 3.63) is 28.7 Å². The fraction of sp³-hybridized carbons (Fsp3) is 0.364. The molecule has 0 aliphatic carbocycles. The zero-order chi connectivity index (χ0) is 10.4. The molecule has 0 spiro atoms. The predicted octanol–water partition coefficient (Wildman–Crippen LogP) is 4.09. The van der Waals surface area contributed by atoms with Crippen LogP contribution >= 0.6 is 27.7 Å². The van der Waals surface area contributed by atoms with E-state index in [1.165, 1.54) is 4.90 Å². The summed E-state index contributed by atoms with van der Waals surface area (Å²) in [6.07, 6.45) is 0.925. The molecule has 0 radical (unpaired) electrons. The van der Waals surface area contributed by atoms with E-state index in [-0.39, 0.29) is 5.92 Å². The van der Waals surface area contributed by atoms with E-state index >= 15 is 0 Å². The molecular formula is C11H12BrNS. The van der Waals surface area contributed by atoms with Crippen LogP contribution in [0.2, 0.25) is 0 Å². The van der Waals surface area contributed by atoms with Gasteiger partial charge in [0.25, 0.3) is 0 Å². The second-order valence-corrected chi connectivity index (χ2v) is 4.89. The Balaban J connectivity index is 2.54. The topological polar surface area (TPSA) is 23.8 Å². The zero-order valence-corrected chi connectivity index (χ0v) is 10.4. The average molecular weight is 270 g/mol. The first-order valence-corrected chi connectivity index (χ1v) is 6.32. The molecule has 1 nitrogen and oxygen atoms in total. The molecule has 1 rings (SSSR count). The van der Waals surface area contributed by atoms with E-state index < -0.39 is 0 Å². The van der Waals surface area contributed by atoms with Crippen molar-refractivity contribution in [1.29, 1.82) is 5.26 Å². The normalized spacial score (nSPS) is 12.1. The summed E-state index contributed by atoms with van der Waals surface area (Å²) >= 11 is 5.22. The number of halogens is 1. The standard InChI is InChI=1S/C11H12BrNS/c1-2-9(7-13)8-14-11-6-4-3-5-10(11)12/h3-6,9H,2,8H2,1H3. The quantitative estimate of drug-likeness (QED) is 0.769. The number of benzene rings is 1. The molecule has 1 aromatic carbocycles. The van der Waals surface area contributed by atoms with E-state index in [9.17, 15) is 0 Å². The Bertz CT molecular complexity index is 332. The van der Waals surface area contributed by atoms with Crippen LogP contribution in [-0.4, -0.2) is 5.75 Å². The maximum absolute atomic E-state index is 8.80. The molecule has 0 aliphatic heterocycles. The van der Waals surface area contributed by atoms with Crippen LogP contribution in [0, 0.1) is 17.2 Å². The van der Waals surface area contributed by atoms with Crippen LogP contribution in [0.15, 0.2) is 33.6 Å². The van der Waals surface area contributed by atoms with Crippen molar-refractivity contribution >= 4 is 27.7 Å². The van der Waals surface area contributed by atoms with Gasteiger partial charge in [-0.2, -0.15) is 5.26 Å². The fourth-order valence-corrected chi connectivity index (χ4v) is 2.70. The lowest BCUT2D eigenvalue weighted by atomic mass is 10.1. The molecule has 1 atom stereocenters. The molecule has 0 amide bonds. The van der Waals surface area contributed by atoms with E-state index in [0.717, 1.165) is 16.6 Å². The molecule has 14 heavy (non-hydrogen) atoms. The van der Waals surface area contributed by atoms with Gasteiger partial charge >= 0.3 is 0 Å². The molecule has 0 aromatic heterocycles. The third-order valence-corrected chi connectivity index (χ3v) is 4.14. The molecule has 0 saturated heterocycles. The molecule has 0 fully saturated rings. The van der Waals surface area contributed by atoms with Gasteiger partial charge in [0.15, 0.2) is 0 Å².